The summed E-state index contributed by atoms with van der Waals surface area (Å²) in [5.41, 5.74) is 0.169. The third kappa shape index (κ3) is 3.90. The number of halogens is 3. The van der Waals surface area contributed by atoms with Crippen molar-refractivity contribution in [2.24, 2.45) is 0 Å². The summed E-state index contributed by atoms with van der Waals surface area (Å²) in [7, 11) is 0. The zero-order chi connectivity index (χ0) is 21.3. The molecule has 8 nitrogen and oxygen atoms in total. The Labute approximate surface area is 166 Å². The van der Waals surface area contributed by atoms with Crippen LogP contribution in [0.4, 0.5) is 18.9 Å². The van der Waals surface area contributed by atoms with Gasteiger partial charge >= 0.3 is 0 Å². The van der Waals surface area contributed by atoms with Gasteiger partial charge in [0.25, 0.3) is 5.56 Å². The Hall–Kier alpha value is -4.02. The van der Waals surface area contributed by atoms with Crippen LogP contribution in [0.3, 0.4) is 0 Å². The molecule has 0 spiro atoms. The Kier molecular flexibility index (Phi) is 5.00. The van der Waals surface area contributed by atoms with Crippen LogP contribution in [-0.2, 0) is 17.9 Å². The molecule has 152 valence electrons. The highest BCUT2D eigenvalue weighted by Gasteiger charge is 2.15. The Morgan fingerprint density at radius 3 is 2.67 bits per heavy atom. The Morgan fingerprint density at radius 2 is 1.90 bits per heavy atom. The van der Waals surface area contributed by atoms with Crippen LogP contribution in [0.5, 0.6) is 0 Å². The molecule has 11 heteroatoms. The van der Waals surface area contributed by atoms with Gasteiger partial charge in [-0.05, 0) is 29.8 Å². The summed E-state index contributed by atoms with van der Waals surface area (Å²) in [6, 6.07) is 8.79. The fraction of sp³-hybridized carbons (Fsp3) is 0.105. The van der Waals surface area contributed by atoms with E-state index in [1.807, 2.05) is 0 Å². The van der Waals surface area contributed by atoms with E-state index in [1.165, 1.54) is 22.9 Å². The van der Waals surface area contributed by atoms with Crippen LogP contribution < -0.4 is 10.9 Å². The lowest BCUT2D eigenvalue weighted by Gasteiger charge is -2.07. The van der Waals surface area contributed by atoms with E-state index in [0.717, 1.165) is 23.0 Å². The number of anilines is 1. The van der Waals surface area contributed by atoms with Crippen molar-refractivity contribution < 1.29 is 18.0 Å². The SMILES string of the molecule is O=C(Cn1cnc2c(nnn2Cc2cccc(F)c2)c1=O)Nc1ccc(F)c(F)c1. The monoisotopic (exact) mass is 414 g/mol. The molecule has 0 fully saturated rings. The van der Waals surface area contributed by atoms with Gasteiger partial charge in [-0.15, -0.1) is 5.10 Å². The van der Waals surface area contributed by atoms with Crippen molar-refractivity contribution in [3.05, 3.63) is 82.2 Å². The molecule has 0 saturated heterocycles. The summed E-state index contributed by atoms with van der Waals surface area (Å²) in [4.78, 5) is 28.9. The molecule has 0 aliphatic rings. The van der Waals surface area contributed by atoms with Crippen molar-refractivity contribution in [3.8, 4) is 0 Å². The summed E-state index contributed by atoms with van der Waals surface area (Å²) < 4.78 is 41.9. The van der Waals surface area contributed by atoms with E-state index in [9.17, 15) is 22.8 Å². The number of benzene rings is 2. The number of hydrogen-bond acceptors (Lipinski definition) is 5. The molecular weight excluding hydrogens is 401 g/mol. The maximum atomic E-state index is 13.4. The average Bonchev–Trinajstić information content (AvgIpc) is 3.10. The highest BCUT2D eigenvalue weighted by molar-refractivity contribution is 5.90. The first-order chi connectivity index (χ1) is 14.4. The van der Waals surface area contributed by atoms with E-state index < -0.39 is 35.5 Å². The van der Waals surface area contributed by atoms with Crippen molar-refractivity contribution in [2.75, 3.05) is 5.32 Å². The molecule has 1 amide bonds. The molecule has 0 atom stereocenters. The first-order valence-electron chi connectivity index (χ1n) is 8.68. The van der Waals surface area contributed by atoms with E-state index in [4.69, 9.17) is 0 Å². The molecule has 30 heavy (non-hydrogen) atoms. The second-order valence-electron chi connectivity index (χ2n) is 6.40. The molecule has 1 N–H and O–H groups in total. The van der Waals surface area contributed by atoms with E-state index in [0.29, 0.717) is 5.56 Å². The Morgan fingerprint density at radius 1 is 1.07 bits per heavy atom. The molecule has 0 bridgehead atoms. The van der Waals surface area contributed by atoms with Crippen LogP contribution in [0.25, 0.3) is 11.2 Å². The summed E-state index contributed by atoms with van der Waals surface area (Å²) >= 11 is 0. The van der Waals surface area contributed by atoms with E-state index in [2.05, 4.69) is 20.6 Å². The minimum Gasteiger partial charge on any atom is -0.324 e. The second-order valence-corrected chi connectivity index (χ2v) is 6.40. The number of aromatic nitrogens is 5. The lowest BCUT2D eigenvalue weighted by atomic mass is 10.2. The highest BCUT2D eigenvalue weighted by Crippen LogP contribution is 2.13. The number of nitrogens with zero attached hydrogens (tertiary/aromatic N) is 5. The van der Waals surface area contributed by atoms with Crippen LogP contribution in [0, 0.1) is 17.5 Å². The molecule has 2 heterocycles. The smallest absolute Gasteiger partial charge is 0.283 e. The van der Waals surface area contributed by atoms with Gasteiger partial charge in [-0.1, -0.05) is 17.3 Å². The Balaban J connectivity index is 1.54. The first-order valence-corrected chi connectivity index (χ1v) is 8.68. The molecule has 4 aromatic rings. The fourth-order valence-electron chi connectivity index (χ4n) is 2.84. The van der Waals surface area contributed by atoms with Gasteiger partial charge in [-0.3, -0.25) is 14.2 Å². The van der Waals surface area contributed by atoms with Gasteiger partial charge in [-0.2, -0.15) is 0 Å². The van der Waals surface area contributed by atoms with E-state index >= 15 is 0 Å². The van der Waals surface area contributed by atoms with Gasteiger partial charge in [0.2, 0.25) is 5.91 Å². The second kappa shape index (κ2) is 7.78. The van der Waals surface area contributed by atoms with Gasteiger partial charge in [-0.25, -0.2) is 22.8 Å². The highest BCUT2D eigenvalue weighted by atomic mass is 19.2. The van der Waals surface area contributed by atoms with Crippen molar-refractivity contribution in [3.63, 3.8) is 0 Å². The standard InChI is InChI=1S/C19H13F3N6O2/c20-12-3-1-2-11(6-12)8-28-18-17(25-26-28)19(30)27(10-23-18)9-16(29)24-13-4-5-14(21)15(22)7-13/h1-7,10H,8-9H2,(H,24,29). The normalized spacial score (nSPS) is 11.0. The number of fused-ring (bicyclic) bond motifs is 1. The zero-order valence-corrected chi connectivity index (χ0v) is 15.2. The minimum atomic E-state index is -1.11. The molecule has 0 aliphatic carbocycles. The number of nitrogens with one attached hydrogen (secondary N) is 1. The Bertz CT molecular complexity index is 1320. The van der Waals surface area contributed by atoms with Crippen molar-refractivity contribution in [1.82, 2.24) is 24.5 Å². The molecule has 0 aliphatic heterocycles. The molecule has 0 unspecified atom stereocenters. The van der Waals surface area contributed by atoms with Crippen molar-refractivity contribution in [1.29, 1.82) is 0 Å². The van der Waals surface area contributed by atoms with Gasteiger partial charge in [0, 0.05) is 11.8 Å². The lowest BCUT2D eigenvalue weighted by Crippen LogP contribution is -2.28. The number of amides is 1. The van der Waals surface area contributed by atoms with Gasteiger partial charge in [0.1, 0.15) is 18.7 Å². The lowest BCUT2D eigenvalue weighted by molar-refractivity contribution is -0.116. The molecule has 0 saturated carbocycles. The molecule has 2 aromatic carbocycles. The zero-order valence-electron chi connectivity index (χ0n) is 15.2. The maximum Gasteiger partial charge on any atom is 0.283 e. The third-order valence-corrected chi connectivity index (χ3v) is 4.23. The van der Waals surface area contributed by atoms with Crippen LogP contribution >= 0.6 is 0 Å². The third-order valence-electron chi connectivity index (χ3n) is 4.23. The molecular formula is C19H13F3N6O2. The first kappa shape index (κ1) is 19.3. The number of hydrogen-bond donors (Lipinski definition) is 1. The number of rotatable bonds is 5. The van der Waals surface area contributed by atoms with Crippen LogP contribution in [-0.4, -0.2) is 30.5 Å². The summed E-state index contributed by atoms with van der Waals surface area (Å²) in [6.45, 7) is -0.265. The number of carbonyl (C=O) groups is 1. The van der Waals surface area contributed by atoms with Crippen LogP contribution in [0.1, 0.15) is 5.56 Å². The van der Waals surface area contributed by atoms with Gasteiger partial charge in [0.15, 0.2) is 22.8 Å². The van der Waals surface area contributed by atoms with Crippen LogP contribution in [0.15, 0.2) is 53.6 Å². The predicted octanol–water partition coefficient (Wildman–Crippen LogP) is 2.09. The maximum absolute atomic E-state index is 13.4. The molecule has 4 rings (SSSR count). The van der Waals surface area contributed by atoms with Crippen molar-refractivity contribution in [2.45, 2.75) is 13.1 Å². The van der Waals surface area contributed by atoms with E-state index in [-0.39, 0.29) is 23.4 Å². The fourth-order valence-corrected chi connectivity index (χ4v) is 2.84. The van der Waals surface area contributed by atoms with E-state index in [1.54, 1.807) is 12.1 Å². The quantitative estimate of drug-likeness (QED) is 0.540. The molecule has 0 radical (unpaired) electrons. The van der Waals surface area contributed by atoms with Gasteiger partial charge < -0.3 is 5.32 Å². The van der Waals surface area contributed by atoms with Crippen LogP contribution in [0.2, 0.25) is 0 Å². The average molecular weight is 414 g/mol. The predicted molar refractivity (Wildman–Crippen MR) is 100 cm³/mol. The summed E-state index contributed by atoms with van der Waals surface area (Å²) in [6.07, 6.45) is 1.15. The number of carbonyl (C=O) groups excluding carboxylic acids is 1. The topological polar surface area (TPSA) is 94.7 Å². The summed E-state index contributed by atoms with van der Waals surface area (Å²) in [5, 5.41) is 10.1. The largest absolute Gasteiger partial charge is 0.324 e. The molecule has 2 aromatic heterocycles. The van der Waals surface area contributed by atoms with Gasteiger partial charge in [0.05, 0.1) is 6.54 Å². The summed E-state index contributed by atoms with van der Waals surface area (Å²) in [5.74, 6) is -3.20. The van der Waals surface area contributed by atoms with Crippen molar-refractivity contribution >= 4 is 22.8 Å². The minimum absolute atomic E-state index is 0.0435.